The van der Waals surface area contributed by atoms with Crippen LogP contribution in [-0.4, -0.2) is 38.1 Å². The molecule has 1 fully saturated rings. The third-order valence-electron chi connectivity index (χ3n) is 6.54. The van der Waals surface area contributed by atoms with Crippen LogP contribution in [0, 0.1) is 5.92 Å². The Bertz CT molecular complexity index is 1050. The zero-order valence-electron chi connectivity index (χ0n) is 20.4. The van der Waals surface area contributed by atoms with Crippen molar-refractivity contribution in [1.82, 2.24) is 4.90 Å². The number of amides is 1. The van der Waals surface area contributed by atoms with Gasteiger partial charge < -0.3 is 5.32 Å². The van der Waals surface area contributed by atoms with Crippen LogP contribution >= 0.6 is 11.6 Å². The fraction of sp³-hybridized carbons (Fsp3) is 0.519. The molecule has 2 aromatic carbocycles. The predicted molar refractivity (Wildman–Crippen MR) is 140 cm³/mol. The topological polar surface area (TPSA) is 66.5 Å². The van der Waals surface area contributed by atoms with E-state index >= 15 is 0 Å². The number of carbonyl (C=O) groups is 1. The second-order valence-corrected chi connectivity index (χ2v) is 12.0. The first-order valence-corrected chi connectivity index (χ1v) is 14.5. The van der Waals surface area contributed by atoms with Crippen LogP contribution < -0.4 is 5.32 Å². The second-order valence-electron chi connectivity index (χ2n) is 9.32. The molecule has 0 aromatic heterocycles. The summed E-state index contributed by atoms with van der Waals surface area (Å²) >= 11 is 6.60. The van der Waals surface area contributed by atoms with Crippen LogP contribution in [0.25, 0.3) is 0 Å². The third-order valence-corrected chi connectivity index (χ3v) is 8.64. The number of halogens is 1. The molecule has 1 N–H and O–H groups in total. The predicted octanol–water partition coefficient (Wildman–Crippen LogP) is 6.11. The Morgan fingerprint density at radius 3 is 2.38 bits per heavy atom. The van der Waals surface area contributed by atoms with Crippen LogP contribution in [0.1, 0.15) is 63.5 Å². The molecule has 5 nitrogen and oxygen atoms in total. The fourth-order valence-corrected chi connectivity index (χ4v) is 5.78. The lowest BCUT2D eigenvalue weighted by molar-refractivity contribution is -0.115. The maximum atomic E-state index is 12.5. The molecule has 0 atom stereocenters. The highest BCUT2D eigenvalue weighted by Gasteiger charge is 2.18. The number of nitrogens with zero attached hydrogens (tertiary/aromatic N) is 1. The summed E-state index contributed by atoms with van der Waals surface area (Å²) in [5.74, 6) is 0.675. The summed E-state index contributed by atoms with van der Waals surface area (Å²) in [6.45, 7) is 6.84. The monoisotopic (exact) mass is 504 g/mol. The van der Waals surface area contributed by atoms with Crippen molar-refractivity contribution < 1.29 is 13.2 Å². The summed E-state index contributed by atoms with van der Waals surface area (Å²) in [5.41, 5.74) is 2.50. The quantitative estimate of drug-likeness (QED) is 0.401. The van der Waals surface area contributed by atoms with Gasteiger partial charge in [0.1, 0.15) is 0 Å². The van der Waals surface area contributed by atoms with Crippen LogP contribution in [0.4, 0.5) is 5.69 Å². The molecule has 1 amide bonds. The van der Waals surface area contributed by atoms with Gasteiger partial charge in [-0.2, -0.15) is 0 Å². The Balaban J connectivity index is 1.57. The van der Waals surface area contributed by atoms with Crippen molar-refractivity contribution in [3.8, 4) is 0 Å². The summed E-state index contributed by atoms with van der Waals surface area (Å²) in [6.07, 6.45) is 8.01. The van der Waals surface area contributed by atoms with Crippen molar-refractivity contribution in [1.29, 1.82) is 0 Å². The van der Waals surface area contributed by atoms with Crippen molar-refractivity contribution in [2.24, 2.45) is 5.92 Å². The standard InChI is InChI=1S/C27H37ClN2O3S/c1-3-16-30(19-22-8-6-5-7-9-22)20-23-12-13-24(18-26(23)28)29-27(31)17-21-10-14-25(15-11-21)34(32,33)4-2/h10-15,18,22H,3-9,16-17,19-20H2,1-2H3,(H,29,31). The zero-order valence-corrected chi connectivity index (χ0v) is 21.9. The van der Waals surface area contributed by atoms with Crippen molar-refractivity contribution >= 4 is 33.0 Å². The molecule has 34 heavy (non-hydrogen) atoms. The first-order valence-electron chi connectivity index (χ1n) is 12.4. The zero-order chi connectivity index (χ0) is 24.6. The minimum absolute atomic E-state index is 0.0559. The Kier molecular flexibility index (Phi) is 9.98. The number of hydrogen-bond acceptors (Lipinski definition) is 4. The van der Waals surface area contributed by atoms with Crippen LogP contribution in [0.15, 0.2) is 47.4 Å². The van der Waals surface area contributed by atoms with Crippen molar-refractivity contribution in [2.75, 3.05) is 24.2 Å². The molecule has 2 aromatic rings. The average molecular weight is 505 g/mol. The van der Waals surface area contributed by atoms with E-state index in [1.807, 2.05) is 18.2 Å². The van der Waals surface area contributed by atoms with Crippen LogP contribution in [0.3, 0.4) is 0 Å². The Morgan fingerprint density at radius 1 is 1.06 bits per heavy atom. The molecule has 0 saturated heterocycles. The number of benzene rings is 2. The molecule has 1 aliphatic carbocycles. The molecule has 7 heteroatoms. The highest BCUT2D eigenvalue weighted by Crippen LogP contribution is 2.27. The molecule has 1 saturated carbocycles. The van der Waals surface area contributed by atoms with E-state index in [-0.39, 0.29) is 23.0 Å². The van der Waals surface area contributed by atoms with Crippen LogP contribution in [-0.2, 0) is 27.6 Å². The van der Waals surface area contributed by atoms with E-state index in [0.717, 1.165) is 43.1 Å². The Labute approximate surface area is 209 Å². The SMILES string of the molecule is CCCN(Cc1ccc(NC(=O)Cc2ccc(S(=O)(=O)CC)cc2)cc1Cl)CC1CCCCC1. The normalized spacial score (nSPS) is 14.9. The highest BCUT2D eigenvalue weighted by molar-refractivity contribution is 7.91. The van der Waals surface area contributed by atoms with Gasteiger partial charge in [-0.05, 0) is 67.1 Å². The third kappa shape index (κ3) is 7.82. The van der Waals surface area contributed by atoms with E-state index in [2.05, 4.69) is 17.1 Å². The van der Waals surface area contributed by atoms with E-state index in [1.54, 1.807) is 31.2 Å². The van der Waals surface area contributed by atoms with E-state index in [1.165, 1.54) is 32.1 Å². The maximum absolute atomic E-state index is 12.5. The minimum Gasteiger partial charge on any atom is -0.326 e. The molecule has 0 aliphatic heterocycles. The van der Waals surface area contributed by atoms with E-state index in [9.17, 15) is 13.2 Å². The van der Waals surface area contributed by atoms with Gasteiger partial charge in [-0.25, -0.2) is 8.42 Å². The van der Waals surface area contributed by atoms with Gasteiger partial charge in [-0.15, -0.1) is 0 Å². The first-order chi connectivity index (χ1) is 16.3. The molecule has 0 spiro atoms. The van der Waals surface area contributed by atoms with Gasteiger partial charge in [-0.1, -0.05) is 62.9 Å². The van der Waals surface area contributed by atoms with Gasteiger partial charge in [0.2, 0.25) is 5.91 Å². The van der Waals surface area contributed by atoms with Crippen molar-refractivity contribution in [2.45, 2.75) is 70.2 Å². The molecule has 1 aliphatic rings. The smallest absolute Gasteiger partial charge is 0.228 e. The molecule has 0 bridgehead atoms. The molecule has 0 heterocycles. The van der Waals surface area contributed by atoms with Gasteiger partial charge in [0.05, 0.1) is 17.1 Å². The molecule has 0 radical (unpaired) electrons. The molecular weight excluding hydrogens is 468 g/mol. The van der Waals surface area contributed by atoms with E-state index < -0.39 is 9.84 Å². The molecular formula is C27H37ClN2O3S. The Morgan fingerprint density at radius 2 is 1.76 bits per heavy atom. The first kappa shape index (κ1) is 26.7. The number of carbonyl (C=O) groups excluding carboxylic acids is 1. The number of anilines is 1. The molecule has 186 valence electrons. The Hall–Kier alpha value is -1.89. The lowest BCUT2D eigenvalue weighted by atomic mass is 9.89. The second kappa shape index (κ2) is 12.7. The highest BCUT2D eigenvalue weighted by atomic mass is 35.5. The minimum atomic E-state index is -3.24. The van der Waals surface area contributed by atoms with Gasteiger partial charge in [-0.3, -0.25) is 9.69 Å². The number of sulfone groups is 1. The largest absolute Gasteiger partial charge is 0.326 e. The lowest BCUT2D eigenvalue weighted by Crippen LogP contribution is -2.31. The van der Waals surface area contributed by atoms with Gasteiger partial charge in [0.25, 0.3) is 0 Å². The summed E-state index contributed by atoms with van der Waals surface area (Å²) < 4.78 is 23.9. The van der Waals surface area contributed by atoms with Gasteiger partial charge >= 0.3 is 0 Å². The average Bonchev–Trinajstić information content (AvgIpc) is 2.82. The number of rotatable bonds is 11. The molecule has 0 unspecified atom stereocenters. The number of hydrogen-bond donors (Lipinski definition) is 1. The summed E-state index contributed by atoms with van der Waals surface area (Å²) in [5, 5.41) is 3.57. The van der Waals surface area contributed by atoms with E-state index in [4.69, 9.17) is 11.6 Å². The van der Waals surface area contributed by atoms with Crippen LogP contribution in [0.2, 0.25) is 5.02 Å². The fourth-order valence-electron chi connectivity index (χ4n) is 4.65. The van der Waals surface area contributed by atoms with Crippen molar-refractivity contribution in [3.63, 3.8) is 0 Å². The summed E-state index contributed by atoms with van der Waals surface area (Å²) in [4.78, 5) is 15.3. The summed E-state index contributed by atoms with van der Waals surface area (Å²) in [6, 6.07) is 12.2. The number of nitrogens with one attached hydrogen (secondary N) is 1. The summed E-state index contributed by atoms with van der Waals surface area (Å²) in [7, 11) is -3.24. The van der Waals surface area contributed by atoms with Crippen LogP contribution in [0.5, 0.6) is 0 Å². The lowest BCUT2D eigenvalue weighted by Gasteiger charge is -2.30. The molecule has 3 rings (SSSR count). The van der Waals surface area contributed by atoms with Gasteiger partial charge in [0, 0.05) is 23.8 Å². The van der Waals surface area contributed by atoms with E-state index in [0.29, 0.717) is 10.7 Å². The van der Waals surface area contributed by atoms with Crippen molar-refractivity contribution in [3.05, 3.63) is 58.6 Å². The maximum Gasteiger partial charge on any atom is 0.228 e. The van der Waals surface area contributed by atoms with Gasteiger partial charge in [0.15, 0.2) is 9.84 Å².